The normalized spacial score (nSPS) is 14.5. The van der Waals surface area contributed by atoms with E-state index in [1.165, 1.54) is 10.5 Å². The second-order valence-electron chi connectivity index (χ2n) is 4.07. The summed E-state index contributed by atoms with van der Waals surface area (Å²) in [5.41, 5.74) is 8.15. The van der Waals surface area contributed by atoms with Crippen molar-refractivity contribution >= 4 is 17.7 Å². The number of nitrogens with one attached hydrogen (secondary N) is 1. The Balaban J connectivity index is 0.00000180. The predicted molar refractivity (Wildman–Crippen MR) is 82.7 cm³/mol. The maximum Gasteiger partial charge on any atom is 0.250 e. The van der Waals surface area contributed by atoms with E-state index < -0.39 is 0 Å². The van der Waals surface area contributed by atoms with Crippen molar-refractivity contribution in [3.8, 4) is 0 Å². The molecule has 1 aromatic carbocycles. The largest absolute Gasteiger partial charge is 0.390 e. The number of hydrogen-bond acceptors (Lipinski definition) is 3. The second kappa shape index (κ2) is 7.04. The summed E-state index contributed by atoms with van der Waals surface area (Å²) >= 11 is 1.74. The summed E-state index contributed by atoms with van der Waals surface area (Å²) < 4.78 is 0. The Morgan fingerprint density at radius 1 is 1.37 bits per heavy atom. The Hall–Kier alpha value is -1.68. The smallest absolute Gasteiger partial charge is 0.250 e. The first kappa shape index (κ1) is 15.4. The highest BCUT2D eigenvalue weighted by molar-refractivity contribution is 8.03. The van der Waals surface area contributed by atoms with E-state index in [2.05, 4.69) is 17.4 Å². The van der Waals surface area contributed by atoms with Crippen LogP contribution in [0.15, 0.2) is 52.6 Å². The fourth-order valence-corrected chi connectivity index (χ4v) is 2.96. The van der Waals surface area contributed by atoms with Gasteiger partial charge in [-0.3, -0.25) is 4.79 Å². The van der Waals surface area contributed by atoms with Crippen LogP contribution < -0.4 is 11.1 Å². The van der Waals surface area contributed by atoms with Gasteiger partial charge in [-0.05, 0) is 16.5 Å². The van der Waals surface area contributed by atoms with Crippen LogP contribution in [0.5, 0.6) is 0 Å². The minimum atomic E-state index is -0.370. The van der Waals surface area contributed by atoms with Crippen molar-refractivity contribution in [2.24, 2.45) is 5.73 Å². The standard InChI is InChI=1S/C14H16N2OS.CH4/c1-16-13-9-18-11(8-12(13)14(15)17)7-10-5-3-2-4-6-10;/h2-6,8,16H,7,9H2,1H3,(H2,15,17);1H4. The molecule has 0 aliphatic carbocycles. The number of allylic oxidation sites excluding steroid dienone is 1. The molecule has 1 aliphatic rings. The molecule has 3 nitrogen and oxygen atoms in total. The van der Waals surface area contributed by atoms with Gasteiger partial charge in [0, 0.05) is 24.9 Å². The molecule has 0 saturated heterocycles. The first-order valence-electron chi connectivity index (χ1n) is 5.78. The quantitative estimate of drug-likeness (QED) is 0.888. The number of benzene rings is 1. The minimum Gasteiger partial charge on any atom is -0.390 e. The first-order chi connectivity index (χ1) is 8.70. The summed E-state index contributed by atoms with van der Waals surface area (Å²) in [4.78, 5) is 12.6. The summed E-state index contributed by atoms with van der Waals surface area (Å²) in [6, 6.07) is 10.2. The molecular formula is C15H20N2OS. The van der Waals surface area contributed by atoms with Crippen LogP contribution in [0.2, 0.25) is 0 Å². The summed E-state index contributed by atoms with van der Waals surface area (Å²) in [5.74, 6) is 0.401. The van der Waals surface area contributed by atoms with Gasteiger partial charge >= 0.3 is 0 Å². The molecule has 0 atom stereocenters. The van der Waals surface area contributed by atoms with E-state index in [-0.39, 0.29) is 13.3 Å². The number of primary amides is 1. The van der Waals surface area contributed by atoms with Crippen LogP contribution in [0.25, 0.3) is 0 Å². The van der Waals surface area contributed by atoms with Crippen molar-refractivity contribution in [3.63, 3.8) is 0 Å². The minimum absolute atomic E-state index is 0. The Kier molecular flexibility index (Phi) is 5.70. The molecule has 0 fully saturated rings. The second-order valence-corrected chi connectivity index (χ2v) is 5.17. The van der Waals surface area contributed by atoms with Crippen LogP contribution in [0.4, 0.5) is 0 Å². The zero-order chi connectivity index (χ0) is 13.0. The molecular weight excluding hydrogens is 256 g/mol. The van der Waals surface area contributed by atoms with E-state index in [0.29, 0.717) is 5.57 Å². The van der Waals surface area contributed by atoms with Crippen molar-refractivity contribution < 1.29 is 4.79 Å². The van der Waals surface area contributed by atoms with Gasteiger partial charge < -0.3 is 11.1 Å². The monoisotopic (exact) mass is 276 g/mol. The average molecular weight is 276 g/mol. The van der Waals surface area contributed by atoms with Crippen LogP contribution in [0.1, 0.15) is 13.0 Å². The topological polar surface area (TPSA) is 55.1 Å². The highest BCUT2D eigenvalue weighted by atomic mass is 32.2. The number of nitrogens with two attached hydrogens (primary N) is 1. The fraction of sp³-hybridized carbons (Fsp3) is 0.267. The van der Waals surface area contributed by atoms with Gasteiger partial charge in [0.2, 0.25) is 0 Å². The molecule has 2 rings (SSSR count). The zero-order valence-electron chi connectivity index (χ0n) is 10.3. The van der Waals surface area contributed by atoms with Crippen molar-refractivity contribution in [3.05, 3.63) is 58.1 Å². The van der Waals surface area contributed by atoms with E-state index in [9.17, 15) is 4.79 Å². The van der Waals surface area contributed by atoms with Crippen molar-refractivity contribution in [2.45, 2.75) is 13.8 Å². The van der Waals surface area contributed by atoms with Gasteiger partial charge in [0.1, 0.15) is 0 Å². The maximum absolute atomic E-state index is 11.4. The van der Waals surface area contributed by atoms with Crippen molar-refractivity contribution in [1.29, 1.82) is 0 Å². The zero-order valence-corrected chi connectivity index (χ0v) is 11.1. The molecule has 0 saturated carbocycles. The Labute approximate surface area is 119 Å². The lowest BCUT2D eigenvalue weighted by Gasteiger charge is -2.18. The molecule has 1 aromatic rings. The Bertz CT molecular complexity index is 506. The van der Waals surface area contributed by atoms with E-state index in [4.69, 9.17) is 5.73 Å². The molecule has 102 valence electrons. The highest BCUT2D eigenvalue weighted by Gasteiger charge is 2.16. The van der Waals surface area contributed by atoms with E-state index in [1.807, 2.05) is 31.3 Å². The van der Waals surface area contributed by atoms with Gasteiger partial charge in [-0.1, -0.05) is 37.8 Å². The summed E-state index contributed by atoms with van der Waals surface area (Å²) in [5, 5.41) is 3.03. The molecule has 0 radical (unpaired) electrons. The van der Waals surface area contributed by atoms with Gasteiger partial charge in [0.25, 0.3) is 5.91 Å². The van der Waals surface area contributed by atoms with Gasteiger partial charge in [-0.2, -0.15) is 0 Å². The molecule has 3 N–H and O–H groups in total. The number of carbonyl (C=O) groups is 1. The molecule has 1 heterocycles. The predicted octanol–water partition coefficient (Wildman–Crippen LogP) is 2.45. The van der Waals surface area contributed by atoms with E-state index >= 15 is 0 Å². The van der Waals surface area contributed by atoms with Crippen LogP contribution in [-0.4, -0.2) is 18.7 Å². The summed E-state index contributed by atoms with van der Waals surface area (Å²) in [7, 11) is 1.81. The molecule has 1 aliphatic heterocycles. The van der Waals surface area contributed by atoms with Gasteiger partial charge in [-0.15, -0.1) is 11.8 Å². The first-order valence-corrected chi connectivity index (χ1v) is 6.77. The third-order valence-electron chi connectivity index (χ3n) is 2.82. The van der Waals surface area contributed by atoms with E-state index in [1.54, 1.807) is 11.8 Å². The van der Waals surface area contributed by atoms with Gasteiger partial charge in [0.05, 0.1) is 5.57 Å². The van der Waals surface area contributed by atoms with Crippen molar-refractivity contribution in [2.75, 3.05) is 12.8 Å². The van der Waals surface area contributed by atoms with E-state index in [0.717, 1.165) is 17.9 Å². The van der Waals surface area contributed by atoms with Crippen LogP contribution in [0, 0.1) is 0 Å². The molecule has 19 heavy (non-hydrogen) atoms. The molecule has 0 bridgehead atoms. The van der Waals surface area contributed by atoms with Crippen LogP contribution in [0.3, 0.4) is 0 Å². The van der Waals surface area contributed by atoms with Crippen molar-refractivity contribution in [1.82, 2.24) is 5.32 Å². The number of hydrogen-bond donors (Lipinski definition) is 2. The van der Waals surface area contributed by atoms with Crippen LogP contribution in [-0.2, 0) is 11.2 Å². The number of thioether (sulfide) groups is 1. The van der Waals surface area contributed by atoms with Gasteiger partial charge in [0.15, 0.2) is 0 Å². The molecule has 1 amide bonds. The molecule has 0 spiro atoms. The summed E-state index contributed by atoms with van der Waals surface area (Å²) in [6.07, 6.45) is 2.74. The lowest BCUT2D eigenvalue weighted by molar-refractivity contribution is -0.114. The third-order valence-corrected chi connectivity index (χ3v) is 3.89. The number of rotatable bonds is 4. The molecule has 0 aromatic heterocycles. The summed E-state index contributed by atoms with van der Waals surface area (Å²) in [6.45, 7) is 0. The molecule has 4 heteroatoms. The molecule has 0 unspecified atom stereocenters. The lowest BCUT2D eigenvalue weighted by atomic mass is 10.1. The Morgan fingerprint density at radius 3 is 2.63 bits per heavy atom. The maximum atomic E-state index is 11.4. The number of carbonyl (C=O) groups excluding carboxylic acids is 1. The lowest BCUT2D eigenvalue weighted by Crippen LogP contribution is -2.23. The SMILES string of the molecule is C.CNC1=C(C(N)=O)C=C(Cc2ccccc2)SC1. The van der Waals surface area contributed by atoms with Crippen LogP contribution >= 0.6 is 11.8 Å². The Morgan fingerprint density at radius 2 is 2.05 bits per heavy atom. The van der Waals surface area contributed by atoms with Gasteiger partial charge in [-0.25, -0.2) is 0 Å². The average Bonchev–Trinajstić information content (AvgIpc) is 2.40. The fourth-order valence-electron chi connectivity index (χ4n) is 1.86. The highest BCUT2D eigenvalue weighted by Crippen LogP contribution is 2.29. The number of amides is 1. The third kappa shape index (κ3) is 3.89.